The maximum Gasteiger partial charge on any atom is 0.255 e. The number of carbonyl (C=O) groups excluding carboxylic acids is 3. The topological polar surface area (TPSA) is 126 Å². The van der Waals surface area contributed by atoms with Gasteiger partial charge in [0.25, 0.3) is 5.91 Å². The van der Waals surface area contributed by atoms with E-state index in [0.717, 1.165) is 0 Å². The maximum atomic E-state index is 12.0. The van der Waals surface area contributed by atoms with E-state index in [0.29, 0.717) is 0 Å². The number of anilines is 1. The molecule has 2 rings (SSSR count). The maximum absolute atomic E-state index is 12.0. The number of nitrogens with two attached hydrogens (primary N) is 1. The van der Waals surface area contributed by atoms with E-state index < -0.39 is 17.9 Å². The number of nitrogen functional groups attached to an aromatic ring is 1. The van der Waals surface area contributed by atoms with E-state index in [2.05, 4.69) is 21.0 Å². The molecule has 1 atom stereocenters. The quantitative estimate of drug-likeness (QED) is 0.311. The van der Waals surface area contributed by atoms with Gasteiger partial charge in [0.15, 0.2) is 5.82 Å². The van der Waals surface area contributed by atoms with Crippen molar-refractivity contribution in [3.63, 3.8) is 0 Å². The summed E-state index contributed by atoms with van der Waals surface area (Å²) < 4.78 is 0. The fraction of sp³-hybridized carbons (Fsp3) is 0.273. The highest BCUT2D eigenvalue weighted by molar-refractivity contribution is 6.05. The Balaban J connectivity index is 2.09. The van der Waals surface area contributed by atoms with Gasteiger partial charge in [0.05, 0.1) is 5.56 Å². The molecule has 2 heterocycles. The summed E-state index contributed by atoms with van der Waals surface area (Å²) in [5.74, 6) is 4.15. The molecule has 100 valence electrons. The van der Waals surface area contributed by atoms with Gasteiger partial charge in [-0.25, -0.2) is 10.8 Å². The van der Waals surface area contributed by atoms with Crippen LogP contribution in [0.2, 0.25) is 0 Å². The van der Waals surface area contributed by atoms with E-state index in [1.54, 1.807) is 6.07 Å². The summed E-state index contributed by atoms with van der Waals surface area (Å²) in [6.07, 6.45) is 1.96. The predicted molar refractivity (Wildman–Crippen MR) is 65.7 cm³/mol. The fourth-order valence-corrected chi connectivity index (χ4v) is 1.77. The number of rotatable bonds is 3. The van der Waals surface area contributed by atoms with E-state index in [9.17, 15) is 14.4 Å². The van der Waals surface area contributed by atoms with E-state index in [4.69, 9.17) is 5.84 Å². The van der Waals surface area contributed by atoms with E-state index >= 15 is 0 Å². The van der Waals surface area contributed by atoms with Gasteiger partial charge in [-0.05, 0) is 18.6 Å². The number of hydrazine groups is 1. The van der Waals surface area contributed by atoms with Crippen molar-refractivity contribution in [1.29, 1.82) is 0 Å². The third kappa shape index (κ3) is 2.86. The molecule has 1 aliphatic rings. The third-order valence-corrected chi connectivity index (χ3v) is 2.73. The van der Waals surface area contributed by atoms with Crippen LogP contribution in [0.5, 0.6) is 0 Å². The molecule has 19 heavy (non-hydrogen) atoms. The lowest BCUT2D eigenvalue weighted by molar-refractivity contribution is -0.134. The van der Waals surface area contributed by atoms with Crippen molar-refractivity contribution in [2.24, 2.45) is 5.84 Å². The normalized spacial score (nSPS) is 18.7. The van der Waals surface area contributed by atoms with Crippen molar-refractivity contribution in [1.82, 2.24) is 15.6 Å². The number of carbonyl (C=O) groups is 3. The molecule has 8 heteroatoms. The van der Waals surface area contributed by atoms with Crippen molar-refractivity contribution in [3.8, 4) is 0 Å². The van der Waals surface area contributed by atoms with Gasteiger partial charge in [0.2, 0.25) is 11.8 Å². The number of pyridine rings is 1. The standard InChI is InChI=1S/C11H13N5O3/c12-16-9-6(2-1-5-13-9)10(18)14-7-3-4-8(17)15-11(7)19/h1-2,5,7H,3-4,12H2,(H,13,16)(H,14,18)(H,15,17,19). The lowest BCUT2D eigenvalue weighted by Crippen LogP contribution is -2.52. The van der Waals surface area contributed by atoms with Gasteiger partial charge < -0.3 is 10.7 Å². The van der Waals surface area contributed by atoms with Crippen LogP contribution in [0.3, 0.4) is 0 Å². The summed E-state index contributed by atoms with van der Waals surface area (Å²) in [7, 11) is 0. The largest absolute Gasteiger partial charge is 0.340 e. The first kappa shape index (κ1) is 13.0. The summed E-state index contributed by atoms with van der Waals surface area (Å²) in [5, 5.41) is 4.71. The Morgan fingerprint density at radius 2 is 2.26 bits per heavy atom. The molecule has 1 fully saturated rings. The van der Waals surface area contributed by atoms with Crippen molar-refractivity contribution < 1.29 is 14.4 Å². The molecule has 1 aromatic heterocycles. The van der Waals surface area contributed by atoms with Crippen LogP contribution < -0.4 is 21.9 Å². The van der Waals surface area contributed by atoms with Gasteiger partial charge in [-0.1, -0.05) is 0 Å². The zero-order chi connectivity index (χ0) is 13.8. The molecule has 0 radical (unpaired) electrons. The van der Waals surface area contributed by atoms with E-state index in [1.165, 1.54) is 12.3 Å². The highest BCUT2D eigenvalue weighted by Gasteiger charge is 2.28. The summed E-state index contributed by atoms with van der Waals surface area (Å²) in [6.45, 7) is 0. The number of amides is 3. The fourth-order valence-electron chi connectivity index (χ4n) is 1.77. The third-order valence-electron chi connectivity index (χ3n) is 2.73. The minimum Gasteiger partial charge on any atom is -0.340 e. The molecule has 0 spiro atoms. The number of nitrogens with one attached hydrogen (secondary N) is 3. The van der Waals surface area contributed by atoms with Gasteiger partial charge in [0, 0.05) is 12.6 Å². The van der Waals surface area contributed by atoms with Crippen LogP contribution in [0, 0.1) is 0 Å². The molecule has 8 nitrogen and oxygen atoms in total. The molecule has 1 aliphatic heterocycles. The van der Waals surface area contributed by atoms with Gasteiger partial charge >= 0.3 is 0 Å². The van der Waals surface area contributed by atoms with Gasteiger partial charge in [-0.15, -0.1) is 0 Å². The van der Waals surface area contributed by atoms with Gasteiger partial charge in [-0.2, -0.15) is 0 Å². The molecule has 0 aliphatic carbocycles. The first-order chi connectivity index (χ1) is 9.11. The first-order valence-electron chi connectivity index (χ1n) is 5.68. The molecule has 0 saturated carbocycles. The second-order valence-electron chi connectivity index (χ2n) is 4.02. The molecular weight excluding hydrogens is 250 g/mol. The summed E-state index contributed by atoms with van der Waals surface area (Å²) in [4.78, 5) is 38.4. The number of imide groups is 1. The molecule has 1 saturated heterocycles. The van der Waals surface area contributed by atoms with Crippen LogP contribution in [0.4, 0.5) is 5.82 Å². The average Bonchev–Trinajstić information content (AvgIpc) is 2.41. The highest BCUT2D eigenvalue weighted by Crippen LogP contribution is 2.11. The summed E-state index contributed by atoms with van der Waals surface area (Å²) >= 11 is 0. The van der Waals surface area contributed by atoms with Crippen molar-refractivity contribution >= 4 is 23.5 Å². The second kappa shape index (κ2) is 5.44. The highest BCUT2D eigenvalue weighted by atomic mass is 16.2. The number of hydrogen-bond acceptors (Lipinski definition) is 6. The molecule has 5 N–H and O–H groups in total. The Bertz CT molecular complexity index is 531. The SMILES string of the molecule is NNc1ncccc1C(=O)NC1CCC(=O)NC1=O. The minimum absolute atomic E-state index is 0.200. The molecule has 1 unspecified atom stereocenters. The minimum atomic E-state index is -0.726. The number of aromatic nitrogens is 1. The Morgan fingerprint density at radius 1 is 1.47 bits per heavy atom. The Kier molecular flexibility index (Phi) is 3.71. The van der Waals surface area contributed by atoms with E-state index in [1.807, 2.05) is 0 Å². The monoisotopic (exact) mass is 263 g/mol. The Labute approximate surface area is 108 Å². The van der Waals surface area contributed by atoms with Crippen molar-refractivity contribution in [2.45, 2.75) is 18.9 Å². The smallest absolute Gasteiger partial charge is 0.255 e. The number of hydrogen-bond donors (Lipinski definition) is 4. The van der Waals surface area contributed by atoms with Crippen molar-refractivity contribution in [2.75, 3.05) is 5.43 Å². The second-order valence-corrected chi connectivity index (χ2v) is 4.02. The number of piperidine rings is 1. The molecular formula is C11H13N5O3. The van der Waals surface area contributed by atoms with E-state index in [-0.39, 0.29) is 30.1 Å². The van der Waals surface area contributed by atoms with Crippen molar-refractivity contribution in [3.05, 3.63) is 23.9 Å². The van der Waals surface area contributed by atoms with Crippen LogP contribution in [0.1, 0.15) is 23.2 Å². The number of nitrogens with zero attached hydrogens (tertiary/aromatic N) is 1. The van der Waals surface area contributed by atoms with Gasteiger partial charge in [0.1, 0.15) is 6.04 Å². The zero-order valence-electron chi connectivity index (χ0n) is 9.97. The lowest BCUT2D eigenvalue weighted by atomic mass is 10.1. The molecule has 0 aromatic carbocycles. The zero-order valence-corrected chi connectivity index (χ0v) is 9.97. The summed E-state index contributed by atoms with van der Waals surface area (Å²) in [5.41, 5.74) is 2.54. The van der Waals surface area contributed by atoms with Crippen LogP contribution in [-0.4, -0.2) is 28.7 Å². The molecule has 3 amide bonds. The predicted octanol–water partition coefficient (Wildman–Crippen LogP) is -1.10. The molecule has 1 aromatic rings. The van der Waals surface area contributed by atoms with Crippen LogP contribution in [0.15, 0.2) is 18.3 Å². The van der Waals surface area contributed by atoms with Crippen LogP contribution >= 0.6 is 0 Å². The Hall–Kier alpha value is -2.48. The first-order valence-corrected chi connectivity index (χ1v) is 5.68. The summed E-state index contributed by atoms with van der Waals surface area (Å²) in [6, 6.07) is 2.39. The lowest BCUT2D eigenvalue weighted by Gasteiger charge is -2.22. The molecule has 0 bridgehead atoms. The Morgan fingerprint density at radius 3 is 2.95 bits per heavy atom. The van der Waals surface area contributed by atoms with Crippen LogP contribution in [0.25, 0.3) is 0 Å². The van der Waals surface area contributed by atoms with Crippen LogP contribution in [-0.2, 0) is 9.59 Å². The van der Waals surface area contributed by atoms with Gasteiger partial charge in [-0.3, -0.25) is 19.7 Å². The average molecular weight is 263 g/mol.